The van der Waals surface area contributed by atoms with Crippen molar-refractivity contribution < 1.29 is 17.9 Å². The quantitative estimate of drug-likeness (QED) is 0.847. The molecule has 0 spiro atoms. The molecule has 1 aromatic rings. The van der Waals surface area contributed by atoms with Gasteiger partial charge in [0.05, 0.1) is 24.9 Å². The second-order valence-electron chi connectivity index (χ2n) is 3.01. The van der Waals surface area contributed by atoms with Gasteiger partial charge in [0.15, 0.2) is 11.5 Å². The van der Waals surface area contributed by atoms with Crippen LogP contribution in [0.1, 0.15) is 0 Å². The fraction of sp³-hybridized carbons (Fsp3) is 0.333. The summed E-state index contributed by atoms with van der Waals surface area (Å²) < 4.78 is 34.9. The molecule has 0 unspecified atom stereocenters. The van der Waals surface area contributed by atoms with E-state index in [0.717, 1.165) is 0 Å². The van der Waals surface area contributed by atoms with Gasteiger partial charge < -0.3 is 9.47 Å². The van der Waals surface area contributed by atoms with Crippen LogP contribution in [-0.4, -0.2) is 27.8 Å². The predicted molar refractivity (Wildman–Crippen MR) is 67.8 cm³/mol. The molecular weight excluding hydrogens is 289 g/mol. The number of anilines is 1. The topological polar surface area (TPSA) is 64.6 Å². The van der Waals surface area contributed by atoms with Gasteiger partial charge in [-0.05, 0) is 0 Å². The first-order valence-corrected chi connectivity index (χ1v) is 6.98. The molecular formula is C9H11Cl2NO4S. The van der Waals surface area contributed by atoms with Crippen molar-refractivity contribution in [2.45, 2.75) is 0 Å². The predicted octanol–water partition coefficient (Wildman–Crippen LogP) is 2.30. The zero-order valence-corrected chi connectivity index (χ0v) is 11.5. The third-order valence-corrected chi connectivity index (χ3v) is 3.88. The molecule has 96 valence electrons. The number of ether oxygens (including phenoxy) is 2. The van der Waals surface area contributed by atoms with Crippen molar-refractivity contribution in [1.29, 1.82) is 0 Å². The molecule has 0 aliphatic rings. The van der Waals surface area contributed by atoms with Crippen LogP contribution in [0.3, 0.4) is 0 Å². The molecule has 0 bridgehead atoms. The first-order chi connectivity index (χ1) is 7.93. The minimum absolute atomic E-state index is 0.185. The first-order valence-electron chi connectivity index (χ1n) is 4.41. The minimum Gasteiger partial charge on any atom is -0.493 e. The molecule has 0 radical (unpaired) electrons. The zero-order chi connectivity index (χ0) is 13.1. The summed E-state index contributed by atoms with van der Waals surface area (Å²) in [5.74, 6) is 0.774. The summed E-state index contributed by atoms with van der Waals surface area (Å²) in [7, 11) is -0.714. The molecule has 0 amide bonds. The fourth-order valence-corrected chi connectivity index (χ4v) is 2.11. The van der Waals surface area contributed by atoms with E-state index in [1.54, 1.807) is 0 Å². The number of alkyl halides is 1. The van der Waals surface area contributed by atoms with Crippen LogP contribution in [0.2, 0.25) is 5.02 Å². The third kappa shape index (κ3) is 3.55. The number of hydrogen-bond donors (Lipinski definition) is 1. The number of nitrogens with one attached hydrogen (secondary N) is 1. The third-order valence-electron chi connectivity index (χ3n) is 1.88. The number of halogens is 2. The highest BCUT2D eigenvalue weighted by molar-refractivity contribution is 7.93. The molecule has 0 saturated carbocycles. The SMILES string of the molecule is COc1cc(Cl)c(NS(=O)(=O)CCl)cc1OC. The minimum atomic E-state index is -3.60. The van der Waals surface area contributed by atoms with Crippen molar-refractivity contribution in [3.63, 3.8) is 0 Å². The Balaban J connectivity index is 3.18. The highest BCUT2D eigenvalue weighted by atomic mass is 35.5. The summed E-state index contributed by atoms with van der Waals surface area (Å²) in [6.45, 7) is 0. The van der Waals surface area contributed by atoms with E-state index < -0.39 is 15.2 Å². The van der Waals surface area contributed by atoms with Gasteiger partial charge in [-0.3, -0.25) is 4.72 Å². The Morgan fingerprint density at radius 1 is 1.24 bits per heavy atom. The summed E-state index contributed by atoms with van der Waals surface area (Å²) in [4.78, 5) is 0. The molecule has 0 aliphatic carbocycles. The largest absolute Gasteiger partial charge is 0.493 e. The highest BCUT2D eigenvalue weighted by Crippen LogP contribution is 2.36. The normalized spacial score (nSPS) is 11.1. The average Bonchev–Trinajstić information content (AvgIpc) is 2.31. The highest BCUT2D eigenvalue weighted by Gasteiger charge is 2.14. The van der Waals surface area contributed by atoms with Gasteiger partial charge in [-0.2, -0.15) is 0 Å². The Labute approximate surface area is 110 Å². The molecule has 1 aromatic carbocycles. The van der Waals surface area contributed by atoms with E-state index in [0.29, 0.717) is 11.5 Å². The van der Waals surface area contributed by atoms with Crippen molar-refractivity contribution in [2.24, 2.45) is 0 Å². The number of methoxy groups -OCH3 is 2. The number of rotatable bonds is 5. The van der Waals surface area contributed by atoms with Gasteiger partial charge >= 0.3 is 0 Å². The Morgan fingerprint density at radius 3 is 2.24 bits per heavy atom. The lowest BCUT2D eigenvalue weighted by Crippen LogP contribution is -2.13. The second-order valence-corrected chi connectivity index (χ2v) is 5.73. The number of hydrogen-bond acceptors (Lipinski definition) is 4. The van der Waals surface area contributed by atoms with E-state index in [1.807, 2.05) is 0 Å². The Morgan fingerprint density at radius 2 is 1.76 bits per heavy atom. The van der Waals surface area contributed by atoms with Gasteiger partial charge in [-0.15, -0.1) is 11.6 Å². The first kappa shape index (κ1) is 14.2. The van der Waals surface area contributed by atoms with Crippen molar-refractivity contribution in [3.05, 3.63) is 17.2 Å². The molecule has 0 heterocycles. The average molecular weight is 300 g/mol. The van der Waals surface area contributed by atoms with Crippen molar-refractivity contribution in [1.82, 2.24) is 0 Å². The summed E-state index contributed by atoms with van der Waals surface area (Å²) >= 11 is 11.2. The van der Waals surface area contributed by atoms with Gasteiger partial charge in [0.25, 0.3) is 0 Å². The van der Waals surface area contributed by atoms with E-state index in [1.165, 1.54) is 26.4 Å². The lowest BCUT2D eigenvalue weighted by atomic mass is 10.3. The maximum atomic E-state index is 11.3. The van der Waals surface area contributed by atoms with Crippen LogP contribution >= 0.6 is 23.2 Å². The molecule has 0 aliphatic heterocycles. The number of sulfonamides is 1. The van der Waals surface area contributed by atoms with E-state index in [2.05, 4.69) is 4.72 Å². The second kappa shape index (κ2) is 5.66. The van der Waals surface area contributed by atoms with Crippen LogP contribution in [0.25, 0.3) is 0 Å². The molecule has 0 fully saturated rings. The molecule has 0 aromatic heterocycles. The van der Waals surface area contributed by atoms with Crippen molar-refractivity contribution >= 4 is 38.9 Å². The van der Waals surface area contributed by atoms with E-state index >= 15 is 0 Å². The van der Waals surface area contributed by atoms with Crippen molar-refractivity contribution in [3.8, 4) is 11.5 Å². The Kier molecular flexibility index (Phi) is 4.73. The maximum absolute atomic E-state index is 11.3. The lowest BCUT2D eigenvalue weighted by Gasteiger charge is -2.12. The molecule has 17 heavy (non-hydrogen) atoms. The van der Waals surface area contributed by atoms with Gasteiger partial charge in [0.2, 0.25) is 10.0 Å². The van der Waals surface area contributed by atoms with Crippen molar-refractivity contribution in [2.75, 3.05) is 24.2 Å². The van der Waals surface area contributed by atoms with E-state index in [-0.39, 0.29) is 10.7 Å². The molecule has 1 rings (SSSR count). The zero-order valence-electron chi connectivity index (χ0n) is 9.16. The van der Waals surface area contributed by atoms with Crippen LogP contribution in [-0.2, 0) is 10.0 Å². The van der Waals surface area contributed by atoms with Gasteiger partial charge in [-0.25, -0.2) is 8.42 Å². The maximum Gasteiger partial charge on any atom is 0.246 e. The summed E-state index contributed by atoms with van der Waals surface area (Å²) in [5.41, 5.74) is 0.185. The van der Waals surface area contributed by atoms with Crippen LogP contribution in [0.15, 0.2) is 12.1 Å². The van der Waals surface area contributed by atoms with Crippen LogP contribution < -0.4 is 14.2 Å². The van der Waals surface area contributed by atoms with Crippen LogP contribution in [0.5, 0.6) is 11.5 Å². The molecule has 0 saturated heterocycles. The van der Waals surface area contributed by atoms with Gasteiger partial charge in [-0.1, -0.05) is 11.6 Å². The molecule has 0 atom stereocenters. The monoisotopic (exact) mass is 299 g/mol. The molecule has 1 N–H and O–H groups in total. The Bertz CT molecular complexity index is 504. The van der Waals surface area contributed by atoms with Crippen LogP contribution in [0, 0.1) is 0 Å². The van der Waals surface area contributed by atoms with E-state index in [9.17, 15) is 8.42 Å². The molecule has 8 heteroatoms. The standard InChI is InChI=1S/C9H11Cl2NO4S/c1-15-8-3-6(11)7(4-9(8)16-2)12-17(13,14)5-10/h3-4,12H,5H2,1-2H3. The van der Waals surface area contributed by atoms with Crippen LogP contribution in [0.4, 0.5) is 5.69 Å². The summed E-state index contributed by atoms with van der Waals surface area (Å²) in [6, 6.07) is 2.87. The molecule has 5 nitrogen and oxygen atoms in total. The van der Waals surface area contributed by atoms with Gasteiger partial charge in [0.1, 0.15) is 5.21 Å². The smallest absolute Gasteiger partial charge is 0.246 e. The van der Waals surface area contributed by atoms with Gasteiger partial charge in [0, 0.05) is 12.1 Å². The van der Waals surface area contributed by atoms with E-state index in [4.69, 9.17) is 32.7 Å². The summed E-state index contributed by atoms with van der Waals surface area (Å²) in [6.07, 6.45) is 0. The lowest BCUT2D eigenvalue weighted by molar-refractivity contribution is 0.355. The fourth-order valence-electron chi connectivity index (χ4n) is 1.13. The summed E-state index contributed by atoms with van der Waals surface area (Å²) in [5, 5.41) is -0.367. The number of benzene rings is 1. The Hall–Kier alpha value is -0.850.